The van der Waals surface area contributed by atoms with Gasteiger partial charge in [0.05, 0.1) is 37.4 Å². The topological polar surface area (TPSA) is 20.3 Å². The number of hydrogen-bond acceptors (Lipinski definition) is 1. The lowest BCUT2D eigenvalue weighted by Crippen LogP contribution is -2.55. The Morgan fingerprint density at radius 2 is 1.67 bits per heavy atom. The molecule has 0 atom stereocenters. The van der Waals surface area contributed by atoms with E-state index in [-0.39, 0.29) is 6.03 Å². The summed E-state index contributed by atoms with van der Waals surface area (Å²) in [6, 6.07) is 15.9. The van der Waals surface area contributed by atoms with Gasteiger partial charge in [-0.05, 0) is 38.0 Å². The van der Waals surface area contributed by atoms with Crippen molar-refractivity contribution in [1.82, 2.24) is 0 Å². The molecule has 2 amide bonds. The van der Waals surface area contributed by atoms with Crippen LogP contribution in [0.1, 0.15) is 25.0 Å². The van der Waals surface area contributed by atoms with Gasteiger partial charge in [0.25, 0.3) is 0 Å². The Morgan fingerprint density at radius 3 is 2.21 bits per heavy atom. The summed E-state index contributed by atoms with van der Waals surface area (Å²) in [5.41, 5.74) is 2.90. The number of hydrogen-bond donors (Lipinski definition) is 0. The number of rotatable bonds is 5. The Bertz CT molecular complexity index is 676. The maximum absolute atomic E-state index is 13.4. The number of anilines is 1. The van der Waals surface area contributed by atoms with Crippen molar-refractivity contribution in [3.63, 3.8) is 0 Å². The van der Waals surface area contributed by atoms with Crippen LogP contribution in [0.15, 0.2) is 48.5 Å². The Morgan fingerprint density at radius 1 is 1.04 bits per heavy atom. The first-order chi connectivity index (χ1) is 11.4. The fourth-order valence-electron chi connectivity index (χ4n) is 2.76. The lowest BCUT2D eigenvalue weighted by Gasteiger charge is -2.35. The number of halogens is 1. The molecule has 0 heterocycles. The van der Waals surface area contributed by atoms with E-state index in [1.54, 1.807) is 0 Å². The molecule has 2 aromatic carbocycles. The molecule has 0 bridgehead atoms. The first-order valence-corrected chi connectivity index (χ1v) is 8.76. The van der Waals surface area contributed by atoms with Crippen molar-refractivity contribution in [3.8, 4) is 0 Å². The summed E-state index contributed by atoms with van der Waals surface area (Å²) >= 11 is 6.47. The lowest BCUT2D eigenvalue weighted by atomic mass is 10.1. The van der Waals surface area contributed by atoms with Gasteiger partial charge in [-0.1, -0.05) is 54.1 Å². The monoisotopic (exact) mass is 345 g/mol. The molecule has 0 radical (unpaired) electrons. The van der Waals surface area contributed by atoms with E-state index in [2.05, 4.69) is 0 Å². The molecule has 0 saturated heterocycles. The summed E-state index contributed by atoms with van der Waals surface area (Å²) in [6.45, 7) is 8.07. The maximum atomic E-state index is 13.4. The van der Waals surface area contributed by atoms with Crippen molar-refractivity contribution in [2.75, 3.05) is 25.0 Å². The highest BCUT2D eigenvalue weighted by Gasteiger charge is 2.35. The Labute approximate surface area is 150 Å². The van der Waals surface area contributed by atoms with Gasteiger partial charge in [-0.2, -0.15) is 0 Å². The molecule has 0 aliphatic heterocycles. The van der Waals surface area contributed by atoms with Crippen molar-refractivity contribution in [2.24, 2.45) is 0 Å². The van der Waals surface area contributed by atoms with Crippen LogP contribution in [0.3, 0.4) is 0 Å². The van der Waals surface area contributed by atoms with Gasteiger partial charge in [0, 0.05) is 0 Å². The van der Waals surface area contributed by atoms with Gasteiger partial charge in [0.15, 0.2) is 0 Å². The Hall–Kier alpha value is -1.84. The van der Waals surface area contributed by atoms with Crippen molar-refractivity contribution in [2.45, 2.75) is 27.3 Å². The number of aryl methyl sites for hydroxylation is 1. The largest absolute Gasteiger partial charge is 0.423 e. The standard InChI is InChI=1S/C20H26ClN2O/c1-5-23(4,6-2)20(24)22(15-17-12-8-7-9-13-17)19-16(3)11-10-14-18(19)21/h7-14H,5-6,15H2,1-4H3/q+1. The van der Waals surface area contributed by atoms with E-state index >= 15 is 0 Å². The number of amides is 2. The third-order valence-corrected chi connectivity index (χ3v) is 5.04. The van der Waals surface area contributed by atoms with Crippen molar-refractivity contribution >= 4 is 23.3 Å². The molecule has 0 unspecified atom stereocenters. The number of carbonyl (C=O) groups is 1. The number of urea groups is 1. The average Bonchev–Trinajstić information content (AvgIpc) is 2.60. The summed E-state index contributed by atoms with van der Waals surface area (Å²) in [6.07, 6.45) is 0. The zero-order valence-electron chi connectivity index (χ0n) is 14.9. The van der Waals surface area contributed by atoms with Crippen molar-refractivity contribution in [1.29, 1.82) is 0 Å². The summed E-state index contributed by atoms with van der Waals surface area (Å²) in [7, 11) is 1.98. The molecule has 3 nitrogen and oxygen atoms in total. The summed E-state index contributed by atoms with van der Waals surface area (Å²) < 4.78 is 0.345. The SMILES string of the molecule is CC[N+](C)(CC)C(=O)N(Cc1ccccc1)c1c(C)cccc1Cl. The van der Waals surface area contributed by atoms with E-state index in [9.17, 15) is 4.79 Å². The number of para-hydroxylation sites is 1. The van der Waals surface area contributed by atoms with Gasteiger partial charge in [-0.3, -0.25) is 4.90 Å². The molecule has 24 heavy (non-hydrogen) atoms. The van der Waals surface area contributed by atoms with Crippen LogP contribution in [0.25, 0.3) is 0 Å². The van der Waals surface area contributed by atoms with E-state index in [4.69, 9.17) is 11.6 Å². The number of carbonyl (C=O) groups excluding carboxylic acids is 1. The maximum Gasteiger partial charge on any atom is 0.423 e. The van der Waals surface area contributed by atoms with E-state index in [1.807, 2.05) is 81.2 Å². The highest BCUT2D eigenvalue weighted by Crippen LogP contribution is 2.32. The first kappa shape index (κ1) is 18.5. The Kier molecular flexibility index (Phi) is 6.03. The summed E-state index contributed by atoms with van der Waals surface area (Å²) in [5.74, 6) is 0. The summed E-state index contributed by atoms with van der Waals surface area (Å²) in [5, 5.41) is 0.609. The zero-order valence-corrected chi connectivity index (χ0v) is 15.7. The highest BCUT2D eigenvalue weighted by molar-refractivity contribution is 6.34. The molecule has 0 saturated carbocycles. The van der Waals surface area contributed by atoms with Crippen LogP contribution in [0.4, 0.5) is 10.5 Å². The normalized spacial score (nSPS) is 11.4. The Balaban J connectivity index is 2.51. The van der Waals surface area contributed by atoms with Gasteiger partial charge >= 0.3 is 6.03 Å². The van der Waals surface area contributed by atoms with Crippen LogP contribution in [0.2, 0.25) is 5.02 Å². The fraction of sp³-hybridized carbons (Fsp3) is 0.350. The lowest BCUT2D eigenvalue weighted by molar-refractivity contribution is -0.825. The fourth-order valence-corrected chi connectivity index (χ4v) is 3.08. The van der Waals surface area contributed by atoms with Crippen LogP contribution in [-0.2, 0) is 6.54 Å². The molecular formula is C20H26ClN2O+. The van der Waals surface area contributed by atoms with Crippen LogP contribution in [0, 0.1) is 6.92 Å². The molecule has 0 N–H and O–H groups in total. The van der Waals surface area contributed by atoms with E-state index in [0.717, 1.165) is 29.9 Å². The minimum absolute atomic E-state index is 0.0695. The predicted octanol–water partition coefficient (Wildman–Crippen LogP) is 5.26. The quantitative estimate of drug-likeness (QED) is 0.677. The molecule has 0 aromatic heterocycles. The van der Waals surface area contributed by atoms with E-state index in [0.29, 0.717) is 16.1 Å². The third-order valence-electron chi connectivity index (χ3n) is 4.73. The number of benzene rings is 2. The van der Waals surface area contributed by atoms with Gasteiger partial charge < -0.3 is 0 Å². The van der Waals surface area contributed by atoms with Crippen LogP contribution in [-0.4, -0.2) is 30.7 Å². The second-order valence-corrected chi connectivity index (χ2v) is 6.70. The first-order valence-electron chi connectivity index (χ1n) is 8.38. The molecule has 0 aliphatic rings. The van der Waals surface area contributed by atoms with Crippen LogP contribution >= 0.6 is 11.6 Å². The second-order valence-electron chi connectivity index (χ2n) is 6.29. The van der Waals surface area contributed by atoms with Gasteiger partial charge in [0.2, 0.25) is 0 Å². The van der Waals surface area contributed by atoms with Crippen molar-refractivity contribution in [3.05, 3.63) is 64.7 Å². The average molecular weight is 346 g/mol. The van der Waals surface area contributed by atoms with E-state index in [1.165, 1.54) is 0 Å². The molecule has 0 aliphatic carbocycles. The highest BCUT2D eigenvalue weighted by atomic mass is 35.5. The van der Waals surface area contributed by atoms with Crippen molar-refractivity contribution < 1.29 is 9.28 Å². The van der Waals surface area contributed by atoms with Crippen LogP contribution < -0.4 is 4.90 Å². The van der Waals surface area contributed by atoms with E-state index < -0.39 is 0 Å². The molecule has 0 fully saturated rings. The van der Waals surface area contributed by atoms with Gasteiger partial charge in [-0.15, -0.1) is 0 Å². The molecule has 2 rings (SSSR count). The minimum Gasteiger partial charge on any atom is -0.256 e. The molecule has 4 heteroatoms. The minimum atomic E-state index is 0.0695. The van der Waals surface area contributed by atoms with Crippen LogP contribution in [0.5, 0.6) is 0 Å². The third kappa shape index (κ3) is 3.80. The smallest absolute Gasteiger partial charge is 0.256 e. The van der Waals surface area contributed by atoms with Gasteiger partial charge in [-0.25, -0.2) is 9.28 Å². The van der Waals surface area contributed by atoms with Gasteiger partial charge in [0.1, 0.15) is 0 Å². The molecule has 0 spiro atoms. The molecule has 2 aromatic rings. The number of nitrogens with zero attached hydrogens (tertiary/aromatic N) is 2. The molecular weight excluding hydrogens is 320 g/mol. The molecule has 128 valence electrons. The summed E-state index contributed by atoms with van der Waals surface area (Å²) in [4.78, 5) is 15.2. The zero-order chi connectivity index (χ0) is 17.7. The number of quaternary nitrogens is 1. The predicted molar refractivity (Wildman–Crippen MR) is 101 cm³/mol. The second kappa shape index (κ2) is 7.82.